The molecule has 1 heterocycles. The summed E-state index contributed by atoms with van der Waals surface area (Å²) in [7, 11) is 0. The number of hydrogen-bond acceptors (Lipinski definition) is 1. The van der Waals surface area contributed by atoms with Crippen LogP contribution < -0.4 is 0 Å². The van der Waals surface area contributed by atoms with Gasteiger partial charge in [0.1, 0.15) is 0 Å². The van der Waals surface area contributed by atoms with Crippen LogP contribution in [0.15, 0.2) is 34.9 Å². The van der Waals surface area contributed by atoms with Gasteiger partial charge in [0.15, 0.2) is 0 Å². The van der Waals surface area contributed by atoms with Crippen molar-refractivity contribution in [3.8, 4) is 11.1 Å². The van der Waals surface area contributed by atoms with E-state index in [-0.39, 0.29) is 0 Å². The summed E-state index contributed by atoms with van der Waals surface area (Å²) in [5.74, 6) is 0. The molecule has 0 bridgehead atoms. The molecular weight excluding hydrogens is 228 g/mol. The molecule has 0 fully saturated rings. The molecule has 0 atom stereocenters. The Kier molecular flexibility index (Phi) is 2.19. The van der Waals surface area contributed by atoms with Crippen molar-refractivity contribution in [2.45, 2.75) is 6.92 Å². The van der Waals surface area contributed by atoms with Crippen LogP contribution in [0.4, 0.5) is 0 Å². The van der Waals surface area contributed by atoms with Gasteiger partial charge in [0.25, 0.3) is 0 Å². The maximum Gasteiger partial charge on any atom is 0.0669 e. The molecular formula is C10H9BrN2. The zero-order valence-corrected chi connectivity index (χ0v) is 8.80. The predicted molar refractivity (Wildman–Crippen MR) is 56.5 cm³/mol. The highest BCUT2D eigenvalue weighted by Crippen LogP contribution is 2.24. The van der Waals surface area contributed by atoms with E-state index in [4.69, 9.17) is 0 Å². The van der Waals surface area contributed by atoms with Gasteiger partial charge in [0.2, 0.25) is 0 Å². The Hall–Kier alpha value is -1.09. The second kappa shape index (κ2) is 3.34. The lowest BCUT2D eigenvalue weighted by Gasteiger charge is -1.98. The third-order valence-corrected chi connectivity index (χ3v) is 2.46. The van der Waals surface area contributed by atoms with Crippen molar-refractivity contribution >= 4 is 15.9 Å². The fourth-order valence-electron chi connectivity index (χ4n) is 1.31. The Morgan fingerprint density at radius 2 is 2.23 bits per heavy atom. The molecule has 2 rings (SSSR count). The summed E-state index contributed by atoms with van der Waals surface area (Å²) < 4.78 is 1.09. The molecule has 2 nitrogen and oxygen atoms in total. The van der Waals surface area contributed by atoms with E-state index in [0.717, 1.165) is 15.7 Å². The molecule has 0 aliphatic rings. The zero-order valence-electron chi connectivity index (χ0n) is 7.21. The molecule has 0 saturated heterocycles. The van der Waals surface area contributed by atoms with E-state index >= 15 is 0 Å². The van der Waals surface area contributed by atoms with Gasteiger partial charge < -0.3 is 0 Å². The van der Waals surface area contributed by atoms with Crippen molar-refractivity contribution in [2.75, 3.05) is 0 Å². The van der Waals surface area contributed by atoms with Crippen LogP contribution in [0.3, 0.4) is 0 Å². The highest BCUT2D eigenvalue weighted by Gasteiger charge is 2.03. The van der Waals surface area contributed by atoms with E-state index in [2.05, 4.69) is 38.3 Å². The van der Waals surface area contributed by atoms with Gasteiger partial charge in [-0.1, -0.05) is 28.1 Å². The molecule has 3 heteroatoms. The van der Waals surface area contributed by atoms with Gasteiger partial charge >= 0.3 is 0 Å². The molecule has 0 spiro atoms. The van der Waals surface area contributed by atoms with Crippen LogP contribution in [0.5, 0.6) is 0 Å². The van der Waals surface area contributed by atoms with Gasteiger partial charge in [-0.05, 0) is 24.6 Å². The summed E-state index contributed by atoms with van der Waals surface area (Å²) in [5, 5.41) is 6.93. The molecule has 66 valence electrons. The maximum atomic E-state index is 4.08. The van der Waals surface area contributed by atoms with Crippen molar-refractivity contribution in [3.05, 3.63) is 40.6 Å². The van der Waals surface area contributed by atoms with Gasteiger partial charge in [0.05, 0.1) is 5.69 Å². The number of halogens is 1. The van der Waals surface area contributed by atoms with Gasteiger partial charge in [-0.3, -0.25) is 5.10 Å². The standard InChI is InChI=1S/C10H9BrN2/c1-7-10(6-12-13-7)8-3-2-4-9(11)5-8/h2-6H,1H3,(H,12,13). The quantitative estimate of drug-likeness (QED) is 0.810. The summed E-state index contributed by atoms with van der Waals surface area (Å²) in [6.07, 6.45) is 1.91. The van der Waals surface area contributed by atoms with E-state index in [0.29, 0.717) is 0 Å². The molecule has 1 aromatic heterocycles. The minimum Gasteiger partial charge on any atom is -0.285 e. The average Bonchev–Trinajstić information content (AvgIpc) is 2.51. The van der Waals surface area contributed by atoms with Crippen molar-refractivity contribution in [3.63, 3.8) is 0 Å². The molecule has 0 unspecified atom stereocenters. The fourth-order valence-corrected chi connectivity index (χ4v) is 1.71. The topological polar surface area (TPSA) is 28.7 Å². The lowest BCUT2D eigenvalue weighted by atomic mass is 10.1. The van der Waals surface area contributed by atoms with Crippen molar-refractivity contribution < 1.29 is 0 Å². The van der Waals surface area contributed by atoms with Crippen LogP contribution in [-0.2, 0) is 0 Å². The van der Waals surface area contributed by atoms with Crippen molar-refractivity contribution in [1.29, 1.82) is 0 Å². The zero-order chi connectivity index (χ0) is 9.26. The van der Waals surface area contributed by atoms with Crippen molar-refractivity contribution in [1.82, 2.24) is 10.2 Å². The van der Waals surface area contributed by atoms with E-state index < -0.39 is 0 Å². The highest BCUT2D eigenvalue weighted by atomic mass is 79.9. The lowest BCUT2D eigenvalue weighted by Crippen LogP contribution is -1.78. The minimum atomic E-state index is 1.03. The van der Waals surface area contributed by atoms with Crippen LogP contribution in [0.2, 0.25) is 0 Å². The number of aromatic amines is 1. The Morgan fingerprint density at radius 1 is 1.38 bits per heavy atom. The smallest absolute Gasteiger partial charge is 0.0669 e. The first-order valence-corrected chi connectivity index (χ1v) is 4.83. The van der Waals surface area contributed by atoms with Crippen LogP contribution in [0.25, 0.3) is 11.1 Å². The Bertz CT molecular complexity index is 420. The molecule has 2 aromatic rings. The average molecular weight is 237 g/mol. The minimum absolute atomic E-state index is 1.03. The molecule has 1 N–H and O–H groups in total. The second-order valence-electron chi connectivity index (χ2n) is 2.89. The number of rotatable bonds is 1. The van der Waals surface area contributed by atoms with E-state index in [1.807, 2.05) is 25.3 Å². The Balaban J connectivity index is 2.53. The summed E-state index contributed by atoms with van der Waals surface area (Å²) >= 11 is 3.44. The largest absolute Gasteiger partial charge is 0.285 e. The second-order valence-corrected chi connectivity index (χ2v) is 3.81. The predicted octanol–water partition coefficient (Wildman–Crippen LogP) is 3.15. The number of aromatic nitrogens is 2. The third kappa shape index (κ3) is 1.65. The molecule has 0 aliphatic heterocycles. The third-order valence-electron chi connectivity index (χ3n) is 1.97. The molecule has 0 amide bonds. The number of nitrogens with zero attached hydrogens (tertiary/aromatic N) is 1. The van der Waals surface area contributed by atoms with Crippen molar-refractivity contribution in [2.24, 2.45) is 0 Å². The summed E-state index contributed by atoms with van der Waals surface area (Å²) in [4.78, 5) is 0. The summed E-state index contributed by atoms with van der Waals surface area (Å²) in [6, 6.07) is 8.19. The lowest BCUT2D eigenvalue weighted by molar-refractivity contribution is 1.05. The van der Waals surface area contributed by atoms with E-state index in [1.54, 1.807) is 0 Å². The number of H-pyrrole nitrogens is 1. The van der Waals surface area contributed by atoms with E-state index in [1.165, 1.54) is 5.56 Å². The molecule has 0 radical (unpaired) electrons. The van der Waals surface area contributed by atoms with Crippen LogP contribution in [0.1, 0.15) is 5.69 Å². The molecule has 0 saturated carbocycles. The van der Waals surface area contributed by atoms with Gasteiger partial charge in [0, 0.05) is 16.2 Å². The van der Waals surface area contributed by atoms with Crippen LogP contribution in [0, 0.1) is 6.92 Å². The maximum absolute atomic E-state index is 4.08. The number of hydrogen-bond donors (Lipinski definition) is 1. The number of aryl methyl sites for hydroxylation is 1. The molecule has 1 aromatic carbocycles. The van der Waals surface area contributed by atoms with E-state index in [9.17, 15) is 0 Å². The van der Waals surface area contributed by atoms with Crippen LogP contribution >= 0.6 is 15.9 Å². The monoisotopic (exact) mass is 236 g/mol. The summed E-state index contributed by atoms with van der Waals surface area (Å²) in [6.45, 7) is 1.99. The number of benzene rings is 1. The first-order chi connectivity index (χ1) is 6.27. The Morgan fingerprint density at radius 3 is 2.85 bits per heavy atom. The SMILES string of the molecule is Cc1n[nH]cc1-c1cccc(Br)c1. The highest BCUT2D eigenvalue weighted by molar-refractivity contribution is 9.10. The normalized spacial score (nSPS) is 10.3. The first kappa shape index (κ1) is 8.51. The molecule has 0 aliphatic carbocycles. The van der Waals surface area contributed by atoms with Gasteiger partial charge in [-0.2, -0.15) is 5.10 Å². The molecule has 13 heavy (non-hydrogen) atoms. The van der Waals surface area contributed by atoms with Crippen LogP contribution in [-0.4, -0.2) is 10.2 Å². The van der Waals surface area contributed by atoms with Gasteiger partial charge in [-0.15, -0.1) is 0 Å². The summed E-state index contributed by atoms with van der Waals surface area (Å²) in [5.41, 5.74) is 3.36. The first-order valence-electron chi connectivity index (χ1n) is 4.03. The number of nitrogens with one attached hydrogen (secondary N) is 1. The fraction of sp³-hybridized carbons (Fsp3) is 0.100. The van der Waals surface area contributed by atoms with Gasteiger partial charge in [-0.25, -0.2) is 0 Å². The Labute approximate surface area is 85.1 Å².